The minimum Gasteiger partial charge on any atom is -0.481 e. The van der Waals surface area contributed by atoms with Gasteiger partial charge in [0.05, 0.1) is 7.11 Å². The van der Waals surface area contributed by atoms with Crippen molar-refractivity contribution in [3.05, 3.63) is 59.3 Å². The van der Waals surface area contributed by atoms with Crippen LogP contribution in [0.4, 0.5) is 8.78 Å². The Morgan fingerprint density at radius 1 is 1.25 bits per heavy atom. The molecular formula is C15H16F2N2O. The summed E-state index contributed by atoms with van der Waals surface area (Å²) in [6, 6.07) is 7.01. The van der Waals surface area contributed by atoms with Crippen molar-refractivity contribution in [1.29, 1.82) is 0 Å². The monoisotopic (exact) mass is 278 g/mol. The van der Waals surface area contributed by atoms with Gasteiger partial charge in [-0.2, -0.15) is 0 Å². The van der Waals surface area contributed by atoms with E-state index < -0.39 is 11.6 Å². The van der Waals surface area contributed by atoms with Crippen molar-refractivity contribution in [2.45, 2.75) is 19.5 Å². The first-order valence-electron chi connectivity index (χ1n) is 6.27. The molecule has 0 saturated carbocycles. The first-order valence-corrected chi connectivity index (χ1v) is 6.27. The molecule has 0 bridgehead atoms. The predicted molar refractivity (Wildman–Crippen MR) is 72.4 cm³/mol. The zero-order chi connectivity index (χ0) is 14.5. The Labute approximate surface area is 116 Å². The molecule has 1 heterocycles. The van der Waals surface area contributed by atoms with Crippen molar-refractivity contribution >= 4 is 0 Å². The molecule has 2 aromatic rings. The first-order chi connectivity index (χ1) is 9.60. The van der Waals surface area contributed by atoms with Crippen molar-refractivity contribution in [1.82, 2.24) is 10.3 Å². The molecule has 0 aliphatic heterocycles. The van der Waals surface area contributed by atoms with E-state index >= 15 is 0 Å². The fourth-order valence-corrected chi connectivity index (χ4v) is 1.95. The van der Waals surface area contributed by atoms with E-state index in [1.807, 2.05) is 19.1 Å². The summed E-state index contributed by atoms with van der Waals surface area (Å²) in [5.41, 5.74) is 1.45. The molecule has 1 aromatic carbocycles. The van der Waals surface area contributed by atoms with Gasteiger partial charge in [0.2, 0.25) is 5.88 Å². The quantitative estimate of drug-likeness (QED) is 0.912. The number of hydrogen-bond acceptors (Lipinski definition) is 3. The summed E-state index contributed by atoms with van der Waals surface area (Å²) in [7, 11) is 1.55. The van der Waals surface area contributed by atoms with Gasteiger partial charge in [-0.1, -0.05) is 6.07 Å². The van der Waals surface area contributed by atoms with Crippen LogP contribution in [0.2, 0.25) is 0 Å². The van der Waals surface area contributed by atoms with Crippen LogP contribution in [-0.4, -0.2) is 12.1 Å². The third-order valence-electron chi connectivity index (χ3n) is 3.03. The molecule has 1 unspecified atom stereocenters. The molecule has 5 heteroatoms. The fourth-order valence-electron chi connectivity index (χ4n) is 1.95. The Bertz CT molecular complexity index is 570. The van der Waals surface area contributed by atoms with Gasteiger partial charge >= 0.3 is 0 Å². The molecule has 0 radical (unpaired) electrons. The van der Waals surface area contributed by atoms with Crippen LogP contribution in [0.15, 0.2) is 36.5 Å². The zero-order valence-corrected chi connectivity index (χ0v) is 11.4. The molecule has 0 aliphatic rings. The summed E-state index contributed by atoms with van der Waals surface area (Å²) >= 11 is 0. The maximum Gasteiger partial charge on any atom is 0.217 e. The van der Waals surface area contributed by atoms with E-state index in [4.69, 9.17) is 4.74 Å². The second-order valence-corrected chi connectivity index (χ2v) is 4.48. The van der Waals surface area contributed by atoms with Crippen LogP contribution in [0.3, 0.4) is 0 Å². The van der Waals surface area contributed by atoms with Gasteiger partial charge in [0, 0.05) is 30.4 Å². The van der Waals surface area contributed by atoms with E-state index in [2.05, 4.69) is 10.3 Å². The minimum atomic E-state index is -0.576. The molecule has 20 heavy (non-hydrogen) atoms. The largest absolute Gasteiger partial charge is 0.481 e. The van der Waals surface area contributed by atoms with Crippen molar-refractivity contribution in [2.24, 2.45) is 0 Å². The molecule has 0 fully saturated rings. The second kappa shape index (κ2) is 6.43. The van der Waals surface area contributed by atoms with Crippen LogP contribution in [0.25, 0.3) is 0 Å². The SMILES string of the molecule is COc1ncccc1CNC(C)c1cc(F)cc(F)c1. The van der Waals surface area contributed by atoms with Crippen molar-refractivity contribution in [3.63, 3.8) is 0 Å². The zero-order valence-electron chi connectivity index (χ0n) is 11.4. The molecule has 2 rings (SSSR count). The molecule has 0 spiro atoms. The van der Waals surface area contributed by atoms with Crippen LogP contribution < -0.4 is 10.1 Å². The Morgan fingerprint density at radius 3 is 2.60 bits per heavy atom. The van der Waals surface area contributed by atoms with E-state index in [1.165, 1.54) is 12.1 Å². The van der Waals surface area contributed by atoms with E-state index in [-0.39, 0.29) is 6.04 Å². The van der Waals surface area contributed by atoms with E-state index in [0.717, 1.165) is 11.6 Å². The third-order valence-corrected chi connectivity index (χ3v) is 3.03. The van der Waals surface area contributed by atoms with Gasteiger partial charge in [0.25, 0.3) is 0 Å². The minimum absolute atomic E-state index is 0.190. The summed E-state index contributed by atoms with van der Waals surface area (Å²) in [6.45, 7) is 2.34. The van der Waals surface area contributed by atoms with Gasteiger partial charge < -0.3 is 10.1 Å². The van der Waals surface area contributed by atoms with E-state index in [0.29, 0.717) is 18.0 Å². The summed E-state index contributed by atoms with van der Waals surface area (Å²) in [6.07, 6.45) is 1.65. The van der Waals surface area contributed by atoms with Crippen LogP contribution >= 0.6 is 0 Å². The number of aromatic nitrogens is 1. The topological polar surface area (TPSA) is 34.1 Å². The Hall–Kier alpha value is -2.01. The molecule has 0 amide bonds. The first kappa shape index (κ1) is 14.4. The van der Waals surface area contributed by atoms with Crippen LogP contribution in [-0.2, 0) is 6.54 Å². The molecule has 1 N–H and O–H groups in total. The highest BCUT2D eigenvalue weighted by Gasteiger charge is 2.10. The number of methoxy groups -OCH3 is 1. The van der Waals surface area contributed by atoms with Gasteiger partial charge in [-0.3, -0.25) is 0 Å². The Morgan fingerprint density at radius 2 is 1.95 bits per heavy atom. The maximum absolute atomic E-state index is 13.2. The number of benzene rings is 1. The van der Waals surface area contributed by atoms with E-state index in [1.54, 1.807) is 13.3 Å². The molecule has 1 atom stereocenters. The molecule has 106 valence electrons. The number of pyridine rings is 1. The van der Waals surface area contributed by atoms with Crippen molar-refractivity contribution in [3.8, 4) is 5.88 Å². The summed E-state index contributed by atoms with van der Waals surface area (Å²) < 4.78 is 31.5. The lowest BCUT2D eigenvalue weighted by Crippen LogP contribution is -2.19. The second-order valence-electron chi connectivity index (χ2n) is 4.48. The fraction of sp³-hybridized carbons (Fsp3) is 0.267. The number of nitrogens with one attached hydrogen (secondary N) is 1. The third kappa shape index (κ3) is 3.51. The molecule has 1 aromatic heterocycles. The smallest absolute Gasteiger partial charge is 0.217 e. The van der Waals surface area contributed by atoms with Crippen LogP contribution in [0, 0.1) is 11.6 Å². The number of ether oxygens (including phenoxy) is 1. The standard InChI is InChI=1S/C15H16F2N2O/c1-10(12-6-13(16)8-14(17)7-12)19-9-11-4-3-5-18-15(11)20-2/h3-8,10,19H,9H2,1-2H3. The summed E-state index contributed by atoms with van der Waals surface area (Å²) in [4.78, 5) is 4.09. The highest BCUT2D eigenvalue weighted by molar-refractivity contribution is 5.26. The van der Waals surface area contributed by atoms with Gasteiger partial charge in [0.1, 0.15) is 11.6 Å². The Balaban J connectivity index is 2.06. The van der Waals surface area contributed by atoms with Gasteiger partial charge in [-0.15, -0.1) is 0 Å². The lowest BCUT2D eigenvalue weighted by molar-refractivity contribution is 0.389. The van der Waals surface area contributed by atoms with Gasteiger partial charge in [-0.05, 0) is 30.7 Å². The molecule has 0 aliphatic carbocycles. The molecule has 3 nitrogen and oxygen atoms in total. The lowest BCUT2D eigenvalue weighted by Gasteiger charge is -2.15. The molecule has 0 saturated heterocycles. The lowest BCUT2D eigenvalue weighted by atomic mass is 10.1. The summed E-state index contributed by atoms with van der Waals surface area (Å²) in [5, 5.41) is 3.19. The average molecular weight is 278 g/mol. The Kier molecular flexibility index (Phi) is 4.63. The van der Waals surface area contributed by atoms with Crippen LogP contribution in [0.5, 0.6) is 5.88 Å². The number of hydrogen-bond donors (Lipinski definition) is 1. The highest BCUT2D eigenvalue weighted by Crippen LogP contribution is 2.18. The maximum atomic E-state index is 13.2. The molecular weight excluding hydrogens is 262 g/mol. The van der Waals surface area contributed by atoms with Crippen molar-refractivity contribution < 1.29 is 13.5 Å². The van der Waals surface area contributed by atoms with Crippen molar-refractivity contribution in [2.75, 3.05) is 7.11 Å². The number of rotatable bonds is 5. The van der Waals surface area contributed by atoms with E-state index in [9.17, 15) is 8.78 Å². The van der Waals surface area contributed by atoms with Crippen LogP contribution in [0.1, 0.15) is 24.1 Å². The predicted octanol–water partition coefficient (Wildman–Crippen LogP) is 3.22. The number of nitrogens with zero attached hydrogens (tertiary/aromatic N) is 1. The van der Waals surface area contributed by atoms with Gasteiger partial charge in [0.15, 0.2) is 0 Å². The number of halogens is 2. The average Bonchev–Trinajstić information content (AvgIpc) is 2.44. The summed E-state index contributed by atoms with van der Waals surface area (Å²) in [5.74, 6) is -0.613. The highest BCUT2D eigenvalue weighted by atomic mass is 19.1. The van der Waals surface area contributed by atoms with Gasteiger partial charge in [-0.25, -0.2) is 13.8 Å². The normalized spacial score (nSPS) is 12.2.